The van der Waals surface area contributed by atoms with Crippen LogP contribution in [0, 0.1) is 6.92 Å². The van der Waals surface area contributed by atoms with Crippen molar-refractivity contribution in [1.82, 2.24) is 15.3 Å². The average molecular weight is 251 g/mol. The fourth-order valence-electron chi connectivity index (χ4n) is 1.59. The molecule has 1 heterocycles. The summed E-state index contributed by atoms with van der Waals surface area (Å²) in [6.07, 6.45) is 0. The Morgan fingerprint density at radius 2 is 2.11 bits per heavy atom. The molecule has 0 atom stereocenters. The van der Waals surface area contributed by atoms with Crippen molar-refractivity contribution in [3.63, 3.8) is 0 Å². The van der Waals surface area contributed by atoms with Crippen molar-refractivity contribution in [2.24, 2.45) is 0 Å². The fourth-order valence-corrected chi connectivity index (χ4v) is 1.59. The normalized spacial score (nSPS) is 10.0. The summed E-state index contributed by atoms with van der Waals surface area (Å²) < 4.78 is 0. The van der Waals surface area contributed by atoms with Gasteiger partial charge in [-0.2, -0.15) is 0 Å². The predicted molar refractivity (Wildman–Crippen MR) is 72.9 cm³/mol. The molecule has 2 N–H and O–H groups in total. The highest BCUT2D eigenvalue weighted by Crippen LogP contribution is 2.15. The number of carbonyl (C=O) groups is 1. The SMILES string of the molecule is CCNc1cc(N(CC)CC(=O)NC)nc(C)n1. The van der Waals surface area contributed by atoms with Crippen LogP contribution in [-0.2, 0) is 4.79 Å². The van der Waals surface area contributed by atoms with Gasteiger partial charge >= 0.3 is 0 Å². The lowest BCUT2D eigenvalue weighted by molar-refractivity contribution is -0.119. The van der Waals surface area contributed by atoms with Gasteiger partial charge in [-0.05, 0) is 20.8 Å². The van der Waals surface area contributed by atoms with Crippen molar-refractivity contribution < 1.29 is 4.79 Å². The molecule has 0 bridgehead atoms. The van der Waals surface area contributed by atoms with Crippen molar-refractivity contribution in [1.29, 1.82) is 0 Å². The number of amides is 1. The number of nitrogens with zero attached hydrogens (tertiary/aromatic N) is 3. The molecule has 1 amide bonds. The molecule has 0 saturated heterocycles. The van der Waals surface area contributed by atoms with E-state index in [9.17, 15) is 4.79 Å². The summed E-state index contributed by atoms with van der Waals surface area (Å²) >= 11 is 0. The molecule has 0 aliphatic heterocycles. The van der Waals surface area contributed by atoms with Crippen LogP contribution in [0.5, 0.6) is 0 Å². The van der Waals surface area contributed by atoms with Gasteiger partial charge in [0.1, 0.15) is 17.5 Å². The van der Waals surface area contributed by atoms with E-state index in [4.69, 9.17) is 0 Å². The van der Waals surface area contributed by atoms with Crippen LogP contribution in [0.1, 0.15) is 19.7 Å². The Bertz CT molecular complexity index is 407. The Morgan fingerprint density at radius 1 is 1.39 bits per heavy atom. The van der Waals surface area contributed by atoms with Crippen molar-refractivity contribution in [2.75, 3.05) is 36.9 Å². The summed E-state index contributed by atoms with van der Waals surface area (Å²) in [4.78, 5) is 22.0. The van der Waals surface area contributed by atoms with E-state index >= 15 is 0 Å². The first-order valence-corrected chi connectivity index (χ1v) is 6.15. The van der Waals surface area contributed by atoms with Crippen LogP contribution in [0.2, 0.25) is 0 Å². The molecular formula is C12H21N5O. The summed E-state index contributed by atoms with van der Waals surface area (Å²) in [5, 5.41) is 5.77. The lowest BCUT2D eigenvalue weighted by Gasteiger charge is -2.21. The number of nitrogens with one attached hydrogen (secondary N) is 2. The smallest absolute Gasteiger partial charge is 0.239 e. The summed E-state index contributed by atoms with van der Waals surface area (Å²) in [6, 6.07) is 1.86. The molecule has 6 nitrogen and oxygen atoms in total. The first-order chi connectivity index (χ1) is 8.60. The number of anilines is 2. The van der Waals surface area contributed by atoms with Crippen molar-refractivity contribution >= 4 is 17.5 Å². The van der Waals surface area contributed by atoms with Crippen molar-refractivity contribution in [3.8, 4) is 0 Å². The Labute approximate surface area is 108 Å². The van der Waals surface area contributed by atoms with E-state index in [1.165, 1.54) is 0 Å². The molecule has 0 spiro atoms. The number of carbonyl (C=O) groups excluding carboxylic acids is 1. The van der Waals surface area contributed by atoms with Gasteiger partial charge in [0.2, 0.25) is 5.91 Å². The zero-order valence-corrected chi connectivity index (χ0v) is 11.4. The van der Waals surface area contributed by atoms with Gasteiger partial charge in [0, 0.05) is 26.2 Å². The molecule has 0 saturated carbocycles. The van der Waals surface area contributed by atoms with Gasteiger partial charge in [-0.15, -0.1) is 0 Å². The first kappa shape index (κ1) is 14.2. The second-order valence-electron chi connectivity index (χ2n) is 3.88. The van der Waals surface area contributed by atoms with Gasteiger partial charge < -0.3 is 15.5 Å². The molecule has 0 aromatic carbocycles. The Kier molecular flexibility index (Phi) is 5.35. The topological polar surface area (TPSA) is 70.2 Å². The van der Waals surface area contributed by atoms with E-state index in [-0.39, 0.29) is 5.91 Å². The quantitative estimate of drug-likeness (QED) is 0.782. The van der Waals surface area contributed by atoms with E-state index in [1.807, 2.05) is 31.7 Å². The van der Waals surface area contributed by atoms with Gasteiger partial charge in [0.25, 0.3) is 0 Å². The standard InChI is InChI=1S/C12H21N5O/c1-5-14-10-7-11(16-9(3)15-10)17(6-2)8-12(18)13-4/h7H,5-6,8H2,1-4H3,(H,13,18)(H,14,15,16). The molecule has 1 rings (SSSR count). The number of likely N-dealkylation sites (N-methyl/N-ethyl adjacent to an activating group) is 2. The van der Waals surface area contributed by atoms with Crippen LogP contribution in [0.3, 0.4) is 0 Å². The van der Waals surface area contributed by atoms with E-state index in [1.54, 1.807) is 7.05 Å². The summed E-state index contributed by atoms with van der Waals surface area (Å²) in [7, 11) is 1.63. The minimum atomic E-state index is -0.0295. The largest absolute Gasteiger partial charge is 0.370 e. The zero-order chi connectivity index (χ0) is 13.5. The summed E-state index contributed by atoms with van der Waals surface area (Å²) in [6.45, 7) is 7.67. The van der Waals surface area contributed by atoms with Gasteiger partial charge in [0.05, 0.1) is 6.54 Å². The number of hydrogen-bond donors (Lipinski definition) is 2. The predicted octanol–water partition coefficient (Wildman–Crippen LogP) is 0.789. The number of rotatable bonds is 6. The van der Waals surface area contributed by atoms with Gasteiger partial charge in [0.15, 0.2) is 0 Å². The van der Waals surface area contributed by atoms with Crippen LogP contribution in [0.4, 0.5) is 11.6 Å². The monoisotopic (exact) mass is 251 g/mol. The summed E-state index contributed by atoms with van der Waals surface area (Å²) in [5.74, 6) is 2.22. The molecule has 0 fully saturated rings. The van der Waals surface area contributed by atoms with Crippen LogP contribution in [0.25, 0.3) is 0 Å². The molecule has 18 heavy (non-hydrogen) atoms. The first-order valence-electron chi connectivity index (χ1n) is 6.15. The van der Waals surface area contributed by atoms with E-state index in [0.717, 1.165) is 24.7 Å². The van der Waals surface area contributed by atoms with E-state index < -0.39 is 0 Å². The average Bonchev–Trinajstić information content (AvgIpc) is 2.35. The highest BCUT2D eigenvalue weighted by Gasteiger charge is 2.11. The van der Waals surface area contributed by atoms with Gasteiger partial charge in [-0.25, -0.2) is 9.97 Å². The van der Waals surface area contributed by atoms with Gasteiger partial charge in [-0.3, -0.25) is 4.79 Å². The van der Waals surface area contributed by atoms with Crippen LogP contribution < -0.4 is 15.5 Å². The molecule has 0 unspecified atom stereocenters. The number of aromatic nitrogens is 2. The molecule has 1 aromatic rings. The second-order valence-corrected chi connectivity index (χ2v) is 3.88. The third-order valence-corrected chi connectivity index (χ3v) is 2.50. The maximum Gasteiger partial charge on any atom is 0.239 e. The number of aryl methyl sites for hydroxylation is 1. The fraction of sp³-hybridized carbons (Fsp3) is 0.583. The molecule has 6 heteroatoms. The van der Waals surface area contributed by atoms with Crippen molar-refractivity contribution in [3.05, 3.63) is 11.9 Å². The molecule has 1 aromatic heterocycles. The van der Waals surface area contributed by atoms with Crippen LogP contribution in [0.15, 0.2) is 6.07 Å². The molecular weight excluding hydrogens is 230 g/mol. The third kappa shape index (κ3) is 3.87. The third-order valence-electron chi connectivity index (χ3n) is 2.50. The van der Waals surface area contributed by atoms with E-state index in [0.29, 0.717) is 12.4 Å². The van der Waals surface area contributed by atoms with Gasteiger partial charge in [-0.1, -0.05) is 0 Å². The molecule has 0 radical (unpaired) electrons. The zero-order valence-electron chi connectivity index (χ0n) is 11.4. The highest BCUT2D eigenvalue weighted by atomic mass is 16.1. The Morgan fingerprint density at radius 3 is 2.67 bits per heavy atom. The van der Waals surface area contributed by atoms with E-state index in [2.05, 4.69) is 20.6 Å². The van der Waals surface area contributed by atoms with Crippen LogP contribution in [-0.4, -0.2) is 42.6 Å². The lowest BCUT2D eigenvalue weighted by Crippen LogP contribution is -2.36. The maximum atomic E-state index is 11.4. The van der Waals surface area contributed by atoms with Crippen molar-refractivity contribution in [2.45, 2.75) is 20.8 Å². The number of hydrogen-bond acceptors (Lipinski definition) is 5. The maximum absolute atomic E-state index is 11.4. The lowest BCUT2D eigenvalue weighted by atomic mass is 10.4. The summed E-state index contributed by atoms with van der Waals surface area (Å²) in [5.41, 5.74) is 0. The highest BCUT2D eigenvalue weighted by molar-refractivity contribution is 5.80. The molecule has 0 aliphatic carbocycles. The molecule has 100 valence electrons. The Hall–Kier alpha value is -1.85. The second kappa shape index (κ2) is 6.78. The molecule has 0 aliphatic rings. The van der Waals surface area contributed by atoms with Crippen LogP contribution >= 0.6 is 0 Å². The minimum absolute atomic E-state index is 0.0295. The minimum Gasteiger partial charge on any atom is -0.370 e. The Balaban J connectivity index is 2.93.